The molecular weight excluding hydrogens is 331 g/mol. The zero-order valence-corrected chi connectivity index (χ0v) is 11.1. The van der Waals surface area contributed by atoms with Crippen LogP contribution >= 0.6 is 0 Å². The van der Waals surface area contributed by atoms with Gasteiger partial charge >= 0.3 is 12.4 Å². The van der Waals surface area contributed by atoms with E-state index in [1.165, 1.54) is 0 Å². The molecule has 1 heterocycles. The second-order valence-corrected chi connectivity index (χ2v) is 4.62. The fraction of sp³-hybridized carbons (Fsp3) is 0.214. The molecule has 0 saturated carbocycles. The number of aromatic nitrogens is 1. The van der Waals surface area contributed by atoms with E-state index in [0.29, 0.717) is 22.9 Å². The van der Waals surface area contributed by atoms with Crippen LogP contribution in [0.1, 0.15) is 17.3 Å². The van der Waals surface area contributed by atoms with E-state index in [-0.39, 0.29) is 5.69 Å². The summed E-state index contributed by atoms with van der Waals surface area (Å²) in [6, 6.07) is 4.68. The van der Waals surface area contributed by atoms with Gasteiger partial charge in [-0.2, -0.15) is 26.3 Å². The lowest BCUT2D eigenvalue weighted by Crippen LogP contribution is -2.20. The molecule has 1 unspecified atom stereocenters. The molecule has 1 aromatic heterocycles. The highest BCUT2D eigenvalue weighted by Crippen LogP contribution is 2.36. The molecule has 0 aliphatic carbocycles. The summed E-state index contributed by atoms with van der Waals surface area (Å²) < 4.78 is 88.4. The summed E-state index contributed by atoms with van der Waals surface area (Å²) in [6.45, 7) is 0. The highest BCUT2D eigenvalue weighted by atomic mass is 19.4. The molecule has 2 rings (SSSR count). The van der Waals surface area contributed by atoms with Crippen molar-refractivity contribution in [2.45, 2.75) is 18.5 Å². The predicted octanol–water partition coefficient (Wildman–Crippen LogP) is 4.43. The first kappa shape index (κ1) is 17.0. The Hall–Kier alpha value is -2.32. The van der Waals surface area contributed by atoms with Crippen molar-refractivity contribution in [3.8, 4) is 5.69 Å². The van der Waals surface area contributed by atoms with E-state index in [2.05, 4.69) is 0 Å². The SMILES string of the molecule is O=c1ccc(C(F)(F)F)cn1-c1ccc(C(F)C(F)(F)F)cc1. The van der Waals surface area contributed by atoms with Gasteiger partial charge in [-0.1, -0.05) is 12.1 Å². The molecule has 2 nitrogen and oxygen atoms in total. The van der Waals surface area contributed by atoms with Crippen molar-refractivity contribution in [1.29, 1.82) is 0 Å². The molecule has 0 spiro atoms. The Morgan fingerprint density at radius 2 is 1.43 bits per heavy atom. The molecule has 1 atom stereocenters. The van der Waals surface area contributed by atoms with Crippen LogP contribution in [0.5, 0.6) is 0 Å². The molecule has 0 amide bonds. The standard InChI is InChI=1S/C14H8F7NO/c15-12(14(19,20)21)8-1-4-10(5-2-8)22-7-9(13(16,17)18)3-6-11(22)23/h1-7,12H. The van der Waals surface area contributed by atoms with Gasteiger partial charge in [-0.15, -0.1) is 0 Å². The van der Waals surface area contributed by atoms with Gasteiger partial charge in [-0.05, 0) is 23.8 Å². The number of nitrogens with zero attached hydrogens (tertiary/aromatic N) is 1. The molecule has 1 aromatic carbocycles. The van der Waals surface area contributed by atoms with Crippen LogP contribution in [0.3, 0.4) is 0 Å². The first-order chi connectivity index (χ1) is 10.5. The summed E-state index contributed by atoms with van der Waals surface area (Å²) in [4.78, 5) is 11.6. The van der Waals surface area contributed by atoms with Crippen molar-refractivity contribution >= 4 is 0 Å². The Kier molecular flexibility index (Phi) is 4.23. The number of hydrogen-bond acceptors (Lipinski definition) is 1. The maximum absolute atomic E-state index is 13.1. The highest BCUT2D eigenvalue weighted by Gasteiger charge is 2.41. The maximum Gasteiger partial charge on any atom is 0.423 e. The van der Waals surface area contributed by atoms with Crippen LogP contribution < -0.4 is 5.56 Å². The summed E-state index contributed by atoms with van der Waals surface area (Å²) in [6.07, 6.45) is -12.5. The van der Waals surface area contributed by atoms with Crippen LogP contribution in [0.2, 0.25) is 0 Å². The maximum atomic E-state index is 13.1. The first-order valence-electron chi connectivity index (χ1n) is 6.11. The largest absolute Gasteiger partial charge is 0.423 e. The van der Waals surface area contributed by atoms with E-state index >= 15 is 0 Å². The van der Waals surface area contributed by atoms with Crippen molar-refractivity contribution in [2.24, 2.45) is 0 Å². The van der Waals surface area contributed by atoms with E-state index in [0.717, 1.165) is 24.3 Å². The van der Waals surface area contributed by atoms with E-state index in [1.54, 1.807) is 0 Å². The zero-order valence-electron chi connectivity index (χ0n) is 11.1. The van der Waals surface area contributed by atoms with Crippen LogP contribution in [-0.4, -0.2) is 10.7 Å². The van der Waals surface area contributed by atoms with Crippen molar-refractivity contribution in [2.75, 3.05) is 0 Å². The van der Waals surface area contributed by atoms with Crippen LogP contribution in [0.15, 0.2) is 47.4 Å². The topological polar surface area (TPSA) is 22.0 Å². The quantitative estimate of drug-likeness (QED) is 0.742. The number of halogens is 7. The summed E-state index contributed by atoms with van der Waals surface area (Å²) in [5.74, 6) is 0. The summed E-state index contributed by atoms with van der Waals surface area (Å²) >= 11 is 0. The molecule has 0 saturated heterocycles. The van der Waals surface area contributed by atoms with E-state index in [9.17, 15) is 35.5 Å². The van der Waals surface area contributed by atoms with Gasteiger partial charge in [0.25, 0.3) is 5.56 Å². The van der Waals surface area contributed by atoms with Gasteiger partial charge in [-0.3, -0.25) is 9.36 Å². The van der Waals surface area contributed by atoms with E-state index in [4.69, 9.17) is 0 Å². The lowest BCUT2D eigenvalue weighted by atomic mass is 10.1. The highest BCUT2D eigenvalue weighted by molar-refractivity contribution is 5.37. The van der Waals surface area contributed by atoms with Crippen molar-refractivity contribution in [3.05, 3.63) is 64.1 Å². The van der Waals surface area contributed by atoms with Gasteiger partial charge in [0.1, 0.15) is 0 Å². The predicted molar refractivity (Wildman–Crippen MR) is 66.9 cm³/mol. The summed E-state index contributed by atoms with van der Waals surface area (Å²) in [5.41, 5.74) is -2.72. The zero-order chi connectivity index (χ0) is 17.4. The fourth-order valence-corrected chi connectivity index (χ4v) is 1.85. The van der Waals surface area contributed by atoms with E-state index in [1.807, 2.05) is 0 Å². The number of rotatable bonds is 2. The Morgan fingerprint density at radius 1 is 0.870 bits per heavy atom. The van der Waals surface area contributed by atoms with Gasteiger partial charge in [0.05, 0.1) is 5.56 Å². The van der Waals surface area contributed by atoms with Crippen LogP contribution in [0, 0.1) is 0 Å². The van der Waals surface area contributed by atoms with Gasteiger partial charge in [0.15, 0.2) is 0 Å². The number of hydrogen-bond donors (Lipinski definition) is 0. The molecule has 9 heteroatoms. The Labute approximate surface area is 124 Å². The molecule has 2 aromatic rings. The third-order valence-corrected chi connectivity index (χ3v) is 2.99. The number of alkyl halides is 7. The third-order valence-electron chi connectivity index (χ3n) is 2.99. The fourth-order valence-electron chi connectivity index (χ4n) is 1.85. The van der Waals surface area contributed by atoms with Crippen molar-refractivity contribution < 1.29 is 30.7 Å². The molecule has 0 aliphatic heterocycles. The Bertz CT molecular complexity index is 743. The second kappa shape index (κ2) is 5.71. The molecule has 0 radical (unpaired) electrons. The first-order valence-corrected chi connectivity index (χ1v) is 6.11. The molecule has 23 heavy (non-hydrogen) atoms. The number of benzene rings is 1. The Balaban J connectivity index is 2.42. The molecule has 124 valence electrons. The van der Waals surface area contributed by atoms with Crippen molar-refractivity contribution in [1.82, 2.24) is 4.57 Å². The lowest BCUT2D eigenvalue weighted by Gasteiger charge is -2.14. The van der Waals surface area contributed by atoms with Gasteiger partial charge < -0.3 is 0 Å². The minimum Gasteiger partial charge on any atom is -0.284 e. The second-order valence-electron chi connectivity index (χ2n) is 4.62. The van der Waals surface area contributed by atoms with Crippen LogP contribution in [0.4, 0.5) is 30.7 Å². The van der Waals surface area contributed by atoms with E-state index < -0.39 is 35.2 Å². The van der Waals surface area contributed by atoms with Crippen molar-refractivity contribution in [3.63, 3.8) is 0 Å². The monoisotopic (exact) mass is 339 g/mol. The summed E-state index contributed by atoms with van der Waals surface area (Å²) in [5, 5.41) is 0. The minimum atomic E-state index is -5.09. The molecular formula is C14H8F7NO. The van der Waals surface area contributed by atoms with Crippen LogP contribution in [0.25, 0.3) is 5.69 Å². The normalized spacial score (nSPS) is 13.9. The third kappa shape index (κ3) is 3.72. The molecule has 0 bridgehead atoms. The average molecular weight is 339 g/mol. The molecule has 0 aliphatic rings. The smallest absolute Gasteiger partial charge is 0.284 e. The molecule has 0 fully saturated rings. The Morgan fingerprint density at radius 3 is 1.91 bits per heavy atom. The average Bonchev–Trinajstić information content (AvgIpc) is 2.45. The van der Waals surface area contributed by atoms with Crippen LogP contribution in [-0.2, 0) is 6.18 Å². The van der Waals surface area contributed by atoms with Gasteiger partial charge in [0, 0.05) is 18.0 Å². The van der Waals surface area contributed by atoms with Gasteiger partial charge in [-0.25, -0.2) is 4.39 Å². The molecule has 0 N–H and O–H groups in total. The lowest BCUT2D eigenvalue weighted by molar-refractivity contribution is -0.182. The minimum absolute atomic E-state index is 0.112. The number of pyridine rings is 1. The van der Waals surface area contributed by atoms with Gasteiger partial charge in [0.2, 0.25) is 6.17 Å². The summed E-state index contributed by atoms with van der Waals surface area (Å²) in [7, 11) is 0.